The molecule has 0 heterocycles. The van der Waals surface area contributed by atoms with Gasteiger partial charge in [0.15, 0.2) is 0 Å². The Bertz CT molecular complexity index is 899. The number of amides is 1. The normalized spacial score (nSPS) is 11.2. The number of benzene rings is 2. The van der Waals surface area contributed by atoms with Crippen LogP contribution in [0.4, 0.5) is 0 Å². The van der Waals surface area contributed by atoms with Crippen LogP contribution in [-0.4, -0.2) is 34.5 Å². The van der Waals surface area contributed by atoms with E-state index >= 15 is 0 Å². The maximum atomic E-state index is 11.9. The summed E-state index contributed by atoms with van der Waals surface area (Å²) in [4.78, 5) is 12.1. The van der Waals surface area contributed by atoms with Gasteiger partial charge in [-0.2, -0.15) is 0 Å². The Labute approximate surface area is 171 Å². The standard InChI is InChI=1S/C20H25ClN2O4S/c1-15-14-17(21)7-10-19(15)27-13-3-12-23-20(24)11-6-16-4-8-18(9-5-16)28(25,26)22-2/h4-5,7-10,14,22H,3,6,11-13H2,1-2H3,(H,23,24). The molecule has 0 spiro atoms. The van der Waals surface area contributed by atoms with E-state index in [1.807, 2.05) is 19.1 Å². The van der Waals surface area contributed by atoms with Crippen molar-refractivity contribution in [3.05, 3.63) is 58.6 Å². The summed E-state index contributed by atoms with van der Waals surface area (Å²) in [5.74, 6) is 0.744. The lowest BCUT2D eigenvalue weighted by Gasteiger charge is -2.10. The molecule has 1 amide bonds. The number of sulfonamides is 1. The van der Waals surface area contributed by atoms with Crippen LogP contribution < -0.4 is 14.8 Å². The molecule has 28 heavy (non-hydrogen) atoms. The smallest absolute Gasteiger partial charge is 0.240 e. The molecule has 152 valence electrons. The maximum absolute atomic E-state index is 11.9. The van der Waals surface area contributed by atoms with E-state index in [2.05, 4.69) is 10.0 Å². The second kappa shape index (κ2) is 10.5. The fourth-order valence-electron chi connectivity index (χ4n) is 2.56. The molecule has 0 radical (unpaired) electrons. The molecule has 0 aliphatic rings. The molecule has 0 aliphatic carbocycles. The summed E-state index contributed by atoms with van der Waals surface area (Å²) in [6.07, 6.45) is 1.59. The van der Waals surface area contributed by atoms with Gasteiger partial charge in [0.1, 0.15) is 5.75 Å². The SMILES string of the molecule is CNS(=O)(=O)c1ccc(CCC(=O)NCCCOc2ccc(Cl)cc2C)cc1. The summed E-state index contributed by atoms with van der Waals surface area (Å²) < 4.78 is 31.3. The van der Waals surface area contributed by atoms with Gasteiger partial charge in [-0.1, -0.05) is 23.7 Å². The molecule has 2 aromatic rings. The van der Waals surface area contributed by atoms with Crippen molar-refractivity contribution in [3.8, 4) is 5.75 Å². The number of halogens is 1. The van der Waals surface area contributed by atoms with E-state index in [9.17, 15) is 13.2 Å². The average Bonchev–Trinajstić information content (AvgIpc) is 2.68. The van der Waals surface area contributed by atoms with Gasteiger partial charge in [0.05, 0.1) is 11.5 Å². The van der Waals surface area contributed by atoms with Crippen LogP contribution in [0, 0.1) is 6.92 Å². The summed E-state index contributed by atoms with van der Waals surface area (Å²) in [5, 5.41) is 3.54. The molecule has 0 fully saturated rings. The van der Waals surface area contributed by atoms with Crippen molar-refractivity contribution in [2.24, 2.45) is 0 Å². The first kappa shape index (κ1) is 22.2. The molecule has 0 atom stereocenters. The first-order valence-electron chi connectivity index (χ1n) is 9.00. The minimum absolute atomic E-state index is 0.0467. The van der Waals surface area contributed by atoms with E-state index < -0.39 is 10.0 Å². The molecule has 0 unspecified atom stereocenters. The van der Waals surface area contributed by atoms with Crippen molar-refractivity contribution in [2.75, 3.05) is 20.2 Å². The molecule has 2 N–H and O–H groups in total. The Kier molecular flexibility index (Phi) is 8.29. The largest absolute Gasteiger partial charge is 0.493 e. The number of hydrogen-bond acceptors (Lipinski definition) is 4. The van der Waals surface area contributed by atoms with Crippen molar-refractivity contribution in [3.63, 3.8) is 0 Å². The number of aryl methyl sites for hydroxylation is 2. The van der Waals surface area contributed by atoms with Gasteiger partial charge in [-0.15, -0.1) is 0 Å². The molecular formula is C20H25ClN2O4S. The predicted molar refractivity (Wildman–Crippen MR) is 110 cm³/mol. The molecule has 0 saturated heterocycles. The van der Waals surface area contributed by atoms with Gasteiger partial charge in [-0.05, 0) is 68.3 Å². The van der Waals surface area contributed by atoms with Gasteiger partial charge in [-0.25, -0.2) is 13.1 Å². The van der Waals surface area contributed by atoms with Crippen LogP contribution in [0.2, 0.25) is 5.02 Å². The van der Waals surface area contributed by atoms with Crippen LogP contribution in [0.1, 0.15) is 24.0 Å². The maximum Gasteiger partial charge on any atom is 0.240 e. The highest BCUT2D eigenvalue weighted by atomic mass is 35.5. The molecule has 0 saturated carbocycles. The third-order valence-electron chi connectivity index (χ3n) is 4.18. The van der Waals surface area contributed by atoms with E-state index in [1.165, 1.54) is 19.2 Å². The molecule has 6 nitrogen and oxygen atoms in total. The highest BCUT2D eigenvalue weighted by molar-refractivity contribution is 7.89. The number of rotatable bonds is 10. The first-order valence-corrected chi connectivity index (χ1v) is 10.9. The van der Waals surface area contributed by atoms with E-state index in [4.69, 9.17) is 16.3 Å². The van der Waals surface area contributed by atoms with E-state index in [0.717, 1.165) is 16.9 Å². The molecule has 0 aromatic heterocycles. The van der Waals surface area contributed by atoms with E-state index in [0.29, 0.717) is 37.4 Å². The summed E-state index contributed by atoms with van der Waals surface area (Å²) in [5.41, 5.74) is 1.89. The number of carbonyl (C=O) groups is 1. The molecule has 0 bridgehead atoms. The van der Waals surface area contributed by atoms with Crippen molar-refractivity contribution < 1.29 is 17.9 Å². The lowest BCUT2D eigenvalue weighted by Crippen LogP contribution is -2.25. The van der Waals surface area contributed by atoms with Crippen LogP contribution in [-0.2, 0) is 21.2 Å². The highest BCUT2D eigenvalue weighted by Crippen LogP contribution is 2.21. The van der Waals surface area contributed by atoms with Gasteiger partial charge in [-0.3, -0.25) is 4.79 Å². The van der Waals surface area contributed by atoms with Gasteiger partial charge in [0.2, 0.25) is 15.9 Å². The van der Waals surface area contributed by atoms with E-state index in [-0.39, 0.29) is 10.8 Å². The third-order valence-corrected chi connectivity index (χ3v) is 5.85. The second-order valence-electron chi connectivity index (χ2n) is 6.31. The molecule has 2 rings (SSSR count). The fourth-order valence-corrected chi connectivity index (χ4v) is 3.51. The summed E-state index contributed by atoms with van der Waals surface area (Å²) in [6.45, 7) is 2.97. The predicted octanol–water partition coefficient (Wildman–Crippen LogP) is 3.07. The number of carbonyl (C=O) groups excluding carboxylic acids is 1. The number of nitrogens with one attached hydrogen (secondary N) is 2. The first-order chi connectivity index (χ1) is 13.3. The van der Waals surface area contributed by atoms with Crippen LogP contribution >= 0.6 is 11.6 Å². The highest BCUT2D eigenvalue weighted by Gasteiger charge is 2.10. The van der Waals surface area contributed by atoms with Crippen molar-refractivity contribution >= 4 is 27.5 Å². The Morgan fingerprint density at radius 2 is 1.86 bits per heavy atom. The molecular weight excluding hydrogens is 400 g/mol. The Hall–Kier alpha value is -2.09. The van der Waals surface area contributed by atoms with E-state index in [1.54, 1.807) is 18.2 Å². The minimum Gasteiger partial charge on any atom is -0.493 e. The zero-order chi connectivity index (χ0) is 20.6. The topological polar surface area (TPSA) is 84.5 Å². The minimum atomic E-state index is -3.44. The number of hydrogen-bond donors (Lipinski definition) is 2. The zero-order valence-electron chi connectivity index (χ0n) is 16.0. The monoisotopic (exact) mass is 424 g/mol. The van der Waals surface area contributed by atoms with Gasteiger partial charge in [0.25, 0.3) is 0 Å². The summed E-state index contributed by atoms with van der Waals surface area (Å²) in [6, 6.07) is 12.0. The molecule has 0 aliphatic heterocycles. The third kappa shape index (κ3) is 6.82. The average molecular weight is 425 g/mol. The van der Waals surface area contributed by atoms with Gasteiger partial charge < -0.3 is 10.1 Å². The lowest BCUT2D eigenvalue weighted by atomic mass is 10.1. The van der Waals surface area contributed by atoms with Crippen molar-refractivity contribution in [1.82, 2.24) is 10.0 Å². The van der Waals surface area contributed by atoms with Crippen LogP contribution in [0.5, 0.6) is 5.75 Å². The second-order valence-corrected chi connectivity index (χ2v) is 8.64. The Morgan fingerprint density at radius 1 is 1.14 bits per heavy atom. The number of ether oxygens (including phenoxy) is 1. The van der Waals surface area contributed by atoms with Gasteiger partial charge in [0, 0.05) is 18.0 Å². The molecule has 2 aromatic carbocycles. The summed E-state index contributed by atoms with van der Waals surface area (Å²) >= 11 is 5.91. The zero-order valence-corrected chi connectivity index (χ0v) is 17.6. The summed E-state index contributed by atoms with van der Waals surface area (Å²) in [7, 11) is -2.07. The molecule has 8 heteroatoms. The quantitative estimate of drug-likeness (QED) is 0.574. The van der Waals surface area contributed by atoms with Crippen LogP contribution in [0.15, 0.2) is 47.4 Å². The Balaban J connectivity index is 1.66. The lowest BCUT2D eigenvalue weighted by molar-refractivity contribution is -0.121. The van der Waals surface area contributed by atoms with Crippen molar-refractivity contribution in [2.45, 2.75) is 31.1 Å². The van der Waals surface area contributed by atoms with Gasteiger partial charge >= 0.3 is 0 Å². The fraction of sp³-hybridized carbons (Fsp3) is 0.350. The Morgan fingerprint density at radius 3 is 2.50 bits per heavy atom. The van der Waals surface area contributed by atoms with Crippen LogP contribution in [0.3, 0.4) is 0 Å². The van der Waals surface area contributed by atoms with Crippen LogP contribution in [0.25, 0.3) is 0 Å². The van der Waals surface area contributed by atoms with Crippen molar-refractivity contribution in [1.29, 1.82) is 0 Å².